The van der Waals surface area contributed by atoms with Crippen molar-refractivity contribution in [1.29, 1.82) is 0 Å². The summed E-state index contributed by atoms with van der Waals surface area (Å²) in [6, 6.07) is 9.96. The Morgan fingerprint density at radius 3 is 2.00 bits per heavy atom. The van der Waals surface area contributed by atoms with E-state index in [-0.39, 0.29) is 17.7 Å². The van der Waals surface area contributed by atoms with Crippen LogP contribution in [0.15, 0.2) is 47.1 Å². The highest BCUT2D eigenvalue weighted by Gasteiger charge is 2.37. The van der Waals surface area contributed by atoms with Gasteiger partial charge in [0, 0.05) is 6.07 Å². The number of imide groups is 1. The van der Waals surface area contributed by atoms with Gasteiger partial charge in [0.05, 0.1) is 17.4 Å². The second-order valence-corrected chi connectivity index (χ2v) is 3.44. The lowest BCUT2D eigenvalue weighted by Crippen LogP contribution is -2.28. The number of carbonyl (C=O) groups excluding carboxylic acids is 2. The zero-order chi connectivity index (χ0) is 11.1. The highest BCUT2D eigenvalue weighted by molar-refractivity contribution is 6.33. The third kappa shape index (κ3) is 1.04. The van der Waals surface area contributed by atoms with Crippen molar-refractivity contribution >= 4 is 17.7 Å². The number of hydrogen-bond donors (Lipinski definition) is 0. The van der Waals surface area contributed by atoms with E-state index in [9.17, 15) is 9.59 Å². The molecule has 4 heteroatoms. The number of benzene rings is 1. The van der Waals surface area contributed by atoms with E-state index in [0.717, 1.165) is 4.90 Å². The normalized spacial score (nSPS) is 14.4. The first-order chi connectivity index (χ1) is 7.79. The third-order valence-corrected chi connectivity index (χ3v) is 2.52. The van der Waals surface area contributed by atoms with Gasteiger partial charge < -0.3 is 4.42 Å². The van der Waals surface area contributed by atoms with Gasteiger partial charge in [-0.1, -0.05) is 12.1 Å². The van der Waals surface area contributed by atoms with Crippen LogP contribution < -0.4 is 4.90 Å². The lowest BCUT2D eigenvalue weighted by molar-refractivity contribution is 0.0920. The molecule has 0 unspecified atom stereocenters. The van der Waals surface area contributed by atoms with Crippen LogP contribution in [-0.4, -0.2) is 11.8 Å². The number of nitrogens with zero attached hydrogens (tertiary/aromatic N) is 1. The van der Waals surface area contributed by atoms with Gasteiger partial charge in [-0.3, -0.25) is 9.59 Å². The van der Waals surface area contributed by atoms with Gasteiger partial charge in [0.2, 0.25) is 5.88 Å². The van der Waals surface area contributed by atoms with E-state index in [1.807, 2.05) is 0 Å². The number of hydrogen-bond acceptors (Lipinski definition) is 3. The largest absolute Gasteiger partial charge is 0.448 e. The van der Waals surface area contributed by atoms with Gasteiger partial charge in [-0.15, -0.1) is 0 Å². The first kappa shape index (κ1) is 8.91. The average Bonchev–Trinajstić information content (AvgIpc) is 2.89. The molecular weight excluding hydrogens is 206 g/mol. The summed E-state index contributed by atoms with van der Waals surface area (Å²) < 4.78 is 5.07. The minimum atomic E-state index is -0.337. The molecular formula is C12H7NO3. The van der Waals surface area contributed by atoms with E-state index in [1.54, 1.807) is 36.4 Å². The predicted molar refractivity (Wildman–Crippen MR) is 56.3 cm³/mol. The van der Waals surface area contributed by atoms with Gasteiger partial charge in [0.25, 0.3) is 11.8 Å². The number of amides is 2. The number of anilines is 1. The standard InChI is InChI=1S/C12H7NO3/c14-11-8-4-1-2-5-9(8)12(15)13(11)10-6-3-7-16-10/h1-7H. The Hall–Kier alpha value is -2.36. The lowest BCUT2D eigenvalue weighted by atomic mass is 10.1. The summed E-state index contributed by atoms with van der Waals surface area (Å²) in [4.78, 5) is 24.9. The zero-order valence-electron chi connectivity index (χ0n) is 8.21. The molecule has 78 valence electrons. The van der Waals surface area contributed by atoms with E-state index < -0.39 is 0 Å². The molecule has 16 heavy (non-hydrogen) atoms. The highest BCUT2D eigenvalue weighted by atomic mass is 16.4. The van der Waals surface area contributed by atoms with Crippen LogP contribution in [-0.2, 0) is 0 Å². The molecule has 3 rings (SSSR count). The molecule has 1 aliphatic rings. The summed E-state index contributed by atoms with van der Waals surface area (Å²) in [5.41, 5.74) is 0.841. The van der Waals surface area contributed by atoms with Crippen molar-refractivity contribution in [3.8, 4) is 0 Å². The molecule has 0 saturated carbocycles. The summed E-state index contributed by atoms with van der Waals surface area (Å²) >= 11 is 0. The summed E-state index contributed by atoms with van der Waals surface area (Å²) in [6.07, 6.45) is 1.43. The van der Waals surface area contributed by atoms with E-state index in [0.29, 0.717) is 11.1 Å². The Labute approximate surface area is 91.1 Å². The molecule has 0 atom stereocenters. The number of carbonyl (C=O) groups is 2. The van der Waals surface area contributed by atoms with E-state index in [1.165, 1.54) is 6.26 Å². The van der Waals surface area contributed by atoms with Crippen LogP contribution >= 0.6 is 0 Å². The maximum atomic E-state index is 12.0. The second kappa shape index (κ2) is 3.06. The third-order valence-electron chi connectivity index (χ3n) is 2.52. The topological polar surface area (TPSA) is 50.5 Å². The van der Waals surface area contributed by atoms with Gasteiger partial charge in [0.15, 0.2) is 0 Å². The van der Waals surface area contributed by atoms with Gasteiger partial charge in [-0.2, -0.15) is 0 Å². The van der Waals surface area contributed by atoms with Crippen molar-refractivity contribution in [2.45, 2.75) is 0 Å². The lowest BCUT2D eigenvalue weighted by Gasteiger charge is -2.08. The maximum Gasteiger partial charge on any atom is 0.268 e. The van der Waals surface area contributed by atoms with Crippen molar-refractivity contribution in [2.24, 2.45) is 0 Å². The molecule has 0 saturated heterocycles. The number of rotatable bonds is 1. The minimum absolute atomic E-state index is 0.256. The fourth-order valence-corrected chi connectivity index (χ4v) is 1.79. The number of fused-ring (bicyclic) bond motifs is 1. The van der Waals surface area contributed by atoms with Gasteiger partial charge in [-0.05, 0) is 18.2 Å². The van der Waals surface area contributed by atoms with Crippen molar-refractivity contribution in [3.05, 3.63) is 53.8 Å². The zero-order valence-corrected chi connectivity index (χ0v) is 8.21. The molecule has 0 spiro atoms. The molecule has 0 fully saturated rings. The molecule has 1 aromatic heterocycles. The predicted octanol–water partition coefficient (Wildman–Crippen LogP) is 2.08. The fourth-order valence-electron chi connectivity index (χ4n) is 1.79. The maximum absolute atomic E-state index is 12.0. The smallest absolute Gasteiger partial charge is 0.268 e. The fraction of sp³-hybridized carbons (Fsp3) is 0. The molecule has 1 aromatic carbocycles. The minimum Gasteiger partial charge on any atom is -0.448 e. The molecule has 2 heterocycles. The van der Waals surface area contributed by atoms with Gasteiger partial charge >= 0.3 is 0 Å². The van der Waals surface area contributed by atoms with Crippen LogP contribution in [0, 0.1) is 0 Å². The first-order valence-electron chi connectivity index (χ1n) is 4.80. The van der Waals surface area contributed by atoms with Crippen molar-refractivity contribution in [2.75, 3.05) is 4.90 Å². The van der Waals surface area contributed by atoms with Crippen LogP contribution in [0.2, 0.25) is 0 Å². The Balaban J connectivity index is 2.15. The van der Waals surface area contributed by atoms with Crippen molar-refractivity contribution < 1.29 is 14.0 Å². The van der Waals surface area contributed by atoms with Crippen LogP contribution in [0.25, 0.3) is 0 Å². The van der Waals surface area contributed by atoms with Gasteiger partial charge in [-0.25, -0.2) is 4.90 Å². The van der Waals surface area contributed by atoms with E-state index >= 15 is 0 Å². The highest BCUT2D eigenvalue weighted by Crippen LogP contribution is 2.28. The molecule has 2 amide bonds. The molecule has 0 bridgehead atoms. The molecule has 0 radical (unpaired) electrons. The summed E-state index contributed by atoms with van der Waals surface area (Å²) in [7, 11) is 0. The van der Waals surface area contributed by atoms with Crippen LogP contribution in [0.3, 0.4) is 0 Å². The molecule has 2 aromatic rings. The van der Waals surface area contributed by atoms with Crippen LogP contribution in [0.4, 0.5) is 5.88 Å². The average molecular weight is 213 g/mol. The van der Waals surface area contributed by atoms with Crippen molar-refractivity contribution in [3.63, 3.8) is 0 Å². The monoisotopic (exact) mass is 213 g/mol. The Bertz CT molecular complexity index is 537. The van der Waals surface area contributed by atoms with E-state index in [4.69, 9.17) is 4.42 Å². The SMILES string of the molecule is O=C1c2ccccc2C(=O)N1c1ccco1. The Kier molecular flexibility index (Phi) is 1.71. The van der Waals surface area contributed by atoms with Crippen LogP contribution in [0.1, 0.15) is 20.7 Å². The Morgan fingerprint density at radius 1 is 0.875 bits per heavy atom. The van der Waals surface area contributed by atoms with Crippen LogP contribution in [0.5, 0.6) is 0 Å². The summed E-state index contributed by atoms with van der Waals surface area (Å²) in [5, 5.41) is 0. The molecule has 0 N–H and O–H groups in total. The van der Waals surface area contributed by atoms with E-state index in [2.05, 4.69) is 0 Å². The quantitative estimate of drug-likeness (QED) is 0.681. The van der Waals surface area contributed by atoms with Crippen molar-refractivity contribution in [1.82, 2.24) is 0 Å². The summed E-state index contributed by atoms with van der Waals surface area (Å²) in [6.45, 7) is 0. The Morgan fingerprint density at radius 2 is 1.50 bits per heavy atom. The first-order valence-corrected chi connectivity index (χ1v) is 4.80. The molecule has 1 aliphatic heterocycles. The molecule has 0 aliphatic carbocycles. The summed E-state index contributed by atoms with van der Waals surface area (Å²) in [5.74, 6) is -0.419. The number of furan rings is 1. The molecule has 4 nitrogen and oxygen atoms in total. The van der Waals surface area contributed by atoms with Gasteiger partial charge in [0.1, 0.15) is 0 Å². The second-order valence-electron chi connectivity index (χ2n) is 3.44.